The van der Waals surface area contributed by atoms with Crippen LogP contribution < -0.4 is 10.5 Å². The molecule has 1 aromatic carbocycles. The van der Waals surface area contributed by atoms with Crippen LogP contribution in [-0.4, -0.2) is 12.6 Å². The SMILES string of the molecule is CC#CCCOc1c(C)cccc1CC(C)N. The van der Waals surface area contributed by atoms with Crippen molar-refractivity contribution in [3.63, 3.8) is 0 Å². The van der Waals surface area contributed by atoms with E-state index in [0.717, 1.165) is 24.2 Å². The summed E-state index contributed by atoms with van der Waals surface area (Å²) in [5.74, 6) is 6.84. The molecule has 2 nitrogen and oxygen atoms in total. The lowest BCUT2D eigenvalue weighted by atomic mass is 10.0. The summed E-state index contributed by atoms with van der Waals surface area (Å²) in [5.41, 5.74) is 8.19. The number of hydrogen-bond acceptors (Lipinski definition) is 2. The van der Waals surface area contributed by atoms with Crippen LogP contribution in [0.1, 0.15) is 31.4 Å². The molecule has 1 unspecified atom stereocenters. The summed E-state index contributed by atoms with van der Waals surface area (Å²) in [6.45, 7) is 6.55. The van der Waals surface area contributed by atoms with E-state index in [-0.39, 0.29) is 6.04 Å². The summed E-state index contributed by atoms with van der Waals surface area (Å²) in [4.78, 5) is 0. The lowest BCUT2D eigenvalue weighted by molar-refractivity contribution is 0.321. The number of hydrogen-bond donors (Lipinski definition) is 1. The Morgan fingerprint density at radius 1 is 1.41 bits per heavy atom. The van der Waals surface area contributed by atoms with E-state index in [0.29, 0.717) is 6.61 Å². The summed E-state index contributed by atoms with van der Waals surface area (Å²) in [5, 5.41) is 0. The van der Waals surface area contributed by atoms with E-state index in [1.807, 2.05) is 19.9 Å². The number of aryl methyl sites for hydroxylation is 1. The molecule has 0 aromatic heterocycles. The maximum absolute atomic E-state index is 5.84. The zero-order valence-corrected chi connectivity index (χ0v) is 10.9. The van der Waals surface area contributed by atoms with Crippen molar-refractivity contribution in [2.75, 3.05) is 6.61 Å². The van der Waals surface area contributed by atoms with E-state index in [4.69, 9.17) is 10.5 Å². The van der Waals surface area contributed by atoms with Gasteiger partial charge in [0.2, 0.25) is 0 Å². The van der Waals surface area contributed by atoms with Gasteiger partial charge in [0.05, 0.1) is 6.61 Å². The fraction of sp³-hybridized carbons (Fsp3) is 0.467. The Labute approximate surface area is 104 Å². The van der Waals surface area contributed by atoms with E-state index < -0.39 is 0 Å². The van der Waals surface area contributed by atoms with E-state index in [2.05, 4.69) is 30.9 Å². The lowest BCUT2D eigenvalue weighted by Gasteiger charge is -2.14. The summed E-state index contributed by atoms with van der Waals surface area (Å²) in [6.07, 6.45) is 1.61. The average molecular weight is 231 g/mol. The van der Waals surface area contributed by atoms with Crippen LogP contribution in [0.15, 0.2) is 18.2 Å². The quantitative estimate of drug-likeness (QED) is 0.624. The molecule has 1 rings (SSSR count). The average Bonchev–Trinajstić information content (AvgIpc) is 2.26. The number of benzene rings is 1. The van der Waals surface area contributed by atoms with E-state index in [1.165, 1.54) is 5.56 Å². The molecule has 2 N–H and O–H groups in total. The normalized spacial score (nSPS) is 11.5. The van der Waals surface area contributed by atoms with Crippen LogP contribution in [-0.2, 0) is 6.42 Å². The number of rotatable bonds is 5. The zero-order valence-electron chi connectivity index (χ0n) is 10.9. The van der Waals surface area contributed by atoms with Gasteiger partial charge in [0, 0.05) is 12.5 Å². The first-order valence-corrected chi connectivity index (χ1v) is 6.01. The first-order chi connectivity index (χ1) is 8.15. The van der Waals surface area contributed by atoms with Crippen molar-refractivity contribution >= 4 is 0 Å². The van der Waals surface area contributed by atoms with Gasteiger partial charge in [-0.3, -0.25) is 0 Å². The molecule has 0 radical (unpaired) electrons. The van der Waals surface area contributed by atoms with Crippen molar-refractivity contribution in [3.05, 3.63) is 29.3 Å². The molecule has 0 aliphatic heterocycles. The van der Waals surface area contributed by atoms with Gasteiger partial charge in [0.25, 0.3) is 0 Å². The van der Waals surface area contributed by atoms with Gasteiger partial charge >= 0.3 is 0 Å². The highest BCUT2D eigenvalue weighted by Crippen LogP contribution is 2.24. The van der Waals surface area contributed by atoms with Gasteiger partial charge < -0.3 is 10.5 Å². The molecule has 0 aliphatic rings. The van der Waals surface area contributed by atoms with Gasteiger partial charge in [-0.15, -0.1) is 11.8 Å². The molecule has 92 valence electrons. The summed E-state index contributed by atoms with van der Waals surface area (Å²) < 4.78 is 5.81. The third-order valence-electron chi connectivity index (χ3n) is 2.49. The maximum atomic E-state index is 5.84. The minimum absolute atomic E-state index is 0.148. The highest BCUT2D eigenvalue weighted by Gasteiger charge is 2.08. The first kappa shape index (κ1) is 13.6. The smallest absolute Gasteiger partial charge is 0.125 e. The highest BCUT2D eigenvalue weighted by molar-refractivity contribution is 5.41. The van der Waals surface area contributed by atoms with Gasteiger partial charge in [-0.1, -0.05) is 18.2 Å². The second-order valence-electron chi connectivity index (χ2n) is 4.27. The fourth-order valence-electron chi connectivity index (χ4n) is 1.76. The topological polar surface area (TPSA) is 35.2 Å². The maximum Gasteiger partial charge on any atom is 0.125 e. The van der Waals surface area contributed by atoms with Crippen molar-refractivity contribution in [3.8, 4) is 17.6 Å². The molecular weight excluding hydrogens is 210 g/mol. The molecule has 2 heteroatoms. The molecule has 1 aromatic rings. The first-order valence-electron chi connectivity index (χ1n) is 6.01. The monoisotopic (exact) mass is 231 g/mol. The molecule has 17 heavy (non-hydrogen) atoms. The van der Waals surface area contributed by atoms with Gasteiger partial charge in [-0.2, -0.15) is 0 Å². The number of nitrogens with two attached hydrogens (primary N) is 1. The predicted octanol–water partition coefficient (Wildman–Crippen LogP) is 2.68. The Morgan fingerprint density at radius 3 is 2.82 bits per heavy atom. The lowest BCUT2D eigenvalue weighted by Crippen LogP contribution is -2.18. The summed E-state index contributed by atoms with van der Waals surface area (Å²) in [7, 11) is 0. The third-order valence-corrected chi connectivity index (χ3v) is 2.49. The van der Waals surface area contributed by atoms with Crippen LogP contribution in [0.25, 0.3) is 0 Å². The predicted molar refractivity (Wildman–Crippen MR) is 72.1 cm³/mol. The molecule has 0 saturated heterocycles. The second-order valence-corrected chi connectivity index (χ2v) is 4.27. The van der Waals surface area contributed by atoms with Gasteiger partial charge in [0.15, 0.2) is 0 Å². The molecular formula is C15H21NO. The van der Waals surface area contributed by atoms with Gasteiger partial charge in [-0.05, 0) is 38.3 Å². The van der Waals surface area contributed by atoms with Crippen LogP contribution in [0.3, 0.4) is 0 Å². The molecule has 0 fully saturated rings. The minimum atomic E-state index is 0.148. The largest absolute Gasteiger partial charge is 0.492 e. The fourth-order valence-corrected chi connectivity index (χ4v) is 1.76. The summed E-state index contributed by atoms with van der Waals surface area (Å²) >= 11 is 0. The molecule has 0 bridgehead atoms. The highest BCUT2D eigenvalue weighted by atomic mass is 16.5. The minimum Gasteiger partial charge on any atom is -0.492 e. The molecule has 1 atom stereocenters. The Hall–Kier alpha value is -1.46. The second kappa shape index (κ2) is 6.98. The van der Waals surface area contributed by atoms with Gasteiger partial charge in [0.1, 0.15) is 5.75 Å². The van der Waals surface area contributed by atoms with Crippen molar-refractivity contribution in [1.29, 1.82) is 0 Å². The molecule has 0 amide bonds. The van der Waals surface area contributed by atoms with E-state index >= 15 is 0 Å². The van der Waals surface area contributed by atoms with Crippen LogP contribution in [0.5, 0.6) is 5.75 Å². The van der Waals surface area contributed by atoms with Crippen molar-refractivity contribution in [1.82, 2.24) is 0 Å². The van der Waals surface area contributed by atoms with Crippen molar-refractivity contribution in [2.24, 2.45) is 5.73 Å². The Bertz CT molecular complexity index is 413. The van der Waals surface area contributed by atoms with Gasteiger partial charge in [-0.25, -0.2) is 0 Å². The number of para-hydroxylation sites is 1. The van der Waals surface area contributed by atoms with Crippen LogP contribution in [0.2, 0.25) is 0 Å². The Morgan fingerprint density at radius 2 is 2.18 bits per heavy atom. The summed E-state index contributed by atoms with van der Waals surface area (Å²) in [6, 6.07) is 6.34. The Balaban J connectivity index is 2.75. The van der Waals surface area contributed by atoms with Crippen molar-refractivity contribution in [2.45, 2.75) is 39.7 Å². The number of ether oxygens (including phenoxy) is 1. The standard InChI is InChI=1S/C15H21NO/c1-4-5-6-10-17-15-12(2)8-7-9-14(15)11-13(3)16/h7-9,13H,6,10-11,16H2,1-3H3. The van der Waals surface area contributed by atoms with Crippen LogP contribution in [0.4, 0.5) is 0 Å². The molecule has 0 saturated carbocycles. The zero-order chi connectivity index (χ0) is 12.7. The van der Waals surface area contributed by atoms with E-state index in [1.54, 1.807) is 0 Å². The molecule has 0 aliphatic carbocycles. The molecule has 0 heterocycles. The third kappa shape index (κ3) is 4.50. The Kier molecular flexibility index (Phi) is 5.59. The van der Waals surface area contributed by atoms with Crippen LogP contribution in [0, 0.1) is 18.8 Å². The van der Waals surface area contributed by atoms with E-state index in [9.17, 15) is 0 Å². The molecule has 0 spiro atoms. The van der Waals surface area contributed by atoms with Crippen molar-refractivity contribution < 1.29 is 4.74 Å². The van der Waals surface area contributed by atoms with Crippen LogP contribution >= 0.6 is 0 Å².